The summed E-state index contributed by atoms with van der Waals surface area (Å²) in [4.78, 5) is -0.407. The maximum atomic E-state index is 15.0. The zero-order valence-electron chi connectivity index (χ0n) is 13.3. The normalized spacial score (nSPS) is 16.7. The number of quaternary nitrogens is 1. The Kier molecular flexibility index (Phi) is 4.13. The topological polar surface area (TPSA) is 9.37 Å². The van der Waals surface area contributed by atoms with E-state index in [4.69, 9.17) is 0 Å². The first-order valence-corrected chi connectivity index (χ1v) is 8.52. The predicted octanol–water partition coefficient (Wildman–Crippen LogP) is 3.38. The molecule has 3 rings (SSSR count). The standard InChI is InChI=1S/C16H19BBrF3N2/c1-10-8-13-5-4-12-9-14(18)6-7-15(12)16(13)23(10)17(20,21)22(3)11(2)19/h6-9,11,22H,4-5H2,1-3H3. The van der Waals surface area contributed by atoms with Crippen LogP contribution in [0.3, 0.4) is 0 Å². The fourth-order valence-corrected chi connectivity index (χ4v) is 3.79. The number of rotatable bonds is 3. The van der Waals surface area contributed by atoms with Gasteiger partial charge in [0.25, 0.3) is 0 Å². The van der Waals surface area contributed by atoms with Crippen LogP contribution < -0.4 is 4.81 Å². The molecule has 2 nitrogen and oxygen atoms in total. The Labute approximate surface area is 142 Å². The van der Waals surface area contributed by atoms with Gasteiger partial charge in [-0.2, -0.15) is 4.39 Å². The maximum Gasteiger partial charge on any atom is 0.661 e. The summed E-state index contributed by atoms with van der Waals surface area (Å²) in [5.74, 6) is 0. The van der Waals surface area contributed by atoms with Gasteiger partial charge in [-0.1, -0.05) is 22.0 Å². The van der Waals surface area contributed by atoms with Crippen LogP contribution in [0.1, 0.15) is 23.7 Å². The highest BCUT2D eigenvalue weighted by Crippen LogP contribution is 2.38. The van der Waals surface area contributed by atoms with Gasteiger partial charge in [0, 0.05) is 24.1 Å². The highest BCUT2D eigenvalue weighted by molar-refractivity contribution is 9.10. The SMILES string of the molecule is Cc1cc2c(n1[B-](F)(F)[NH+](C)C(C)F)-c1ccc(Br)cc1CC2. The minimum absolute atomic E-state index is 0.407. The summed E-state index contributed by atoms with van der Waals surface area (Å²) in [5, 5.41) is 0. The molecule has 2 atom stereocenters. The van der Waals surface area contributed by atoms with Crippen LogP contribution >= 0.6 is 15.9 Å². The third-order valence-corrected chi connectivity index (χ3v) is 5.29. The Balaban J connectivity index is 2.22. The van der Waals surface area contributed by atoms with E-state index >= 15 is 0 Å². The van der Waals surface area contributed by atoms with Crippen molar-refractivity contribution < 1.29 is 17.8 Å². The lowest BCUT2D eigenvalue weighted by Gasteiger charge is -2.36. The zero-order valence-corrected chi connectivity index (χ0v) is 14.9. The average molecular weight is 387 g/mol. The lowest BCUT2D eigenvalue weighted by Crippen LogP contribution is -3.22. The molecular weight excluding hydrogens is 368 g/mol. The number of benzene rings is 1. The van der Waals surface area contributed by atoms with Crippen molar-refractivity contribution in [2.24, 2.45) is 0 Å². The van der Waals surface area contributed by atoms with Gasteiger partial charge in [-0.25, -0.2) is 0 Å². The number of hydrogen-bond donors (Lipinski definition) is 1. The molecule has 0 saturated heterocycles. The molecule has 1 aromatic heterocycles. The quantitative estimate of drug-likeness (QED) is 0.611. The molecule has 1 N–H and O–H groups in total. The first-order chi connectivity index (χ1) is 10.7. The van der Waals surface area contributed by atoms with Gasteiger partial charge in [0.15, 0.2) is 6.30 Å². The molecule has 0 spiro atoms. The van der Waals surface area contributed by atoms with E-state index in [1.54, 1.807) is 6.92 Å². The number of halogens is 4. The average Bonchev–Trinajstić information content (AvgIpc) is 2.82. The molecule has 0 aliphatic heterocycles. The Bertz CT molecular complexity index is 758. The monoisotopic (exact) mass is 386 g/mol. The molecule has 1 aromatic carbocycles. The number of aromatic nitrogens is 1. The van der Waals surface area contributed by atoms with Crippen molar-refractivity contribution >= 4 is 22.9 Å². The van der Waals surface area contributed by atoms with Crippen molar-refractivity contribution in [3.8, 4) is 11.3 Å². The number of aryl methyl sites for hydroxylation is 3. The second kappa shape index (κ2) is 5.70. The molecule has 2 aromatic rings. The van der Waals surface area contributed by atoms with Gasteiger partial charge in [0.05, 0.1) is 0 Å². The summed E-state index contributed by atoms with van der Waals surface area (Å²) < 4.78 is 45.6. The summed E-state index contributed by atoms with van der Waals surface area (Å²) >= 11 is 3.43. The number of nitrogens with one attached hydrogen (secondary N) is 1. The fourth-order valence-electron chi connectivity index (χ4n) is 3.38. The van der Waals surface area contributed by atoms with Gasteiger partial charge in [0.2, 0.25) is 0 Å². The van der Waals surface area contributed by atoms with Crippen molar-refractivity contribution in [2.75, 3.05) is 7.05 Å². The molecule has 1 aliphatic rings. The van der Waals surface area contributed by atoms with Gasteiger partial charge in [0.1, 0.15) is 0 Å². The molecule has 124 valence electrons. The smallest absolute Gasteiger partial charge is 0.418 e. The molecule has 7 heteroatoms. The van der Waals surface area contributed by atoms with E-state index in [2.05, 4.69) is 15.9 Å². The molecule has 1 aliphatic carbocycles. The lowest BCUT2D eigenvalue weighted by atomic mass is 9.87. The van der Waals surface area contributed by atoms with Gasteiger partial charge in [-0.15, -0.1) is 0 Å². The number of fused-ring (bicyclic) bond motifs is 3. The van der Waals surface area contributed by atoms with Crippen LogP contribution in [0, 0.1) is 6.92 Å². The second-order valence-corrected chi connectivity index (χ2v) is 7.23. The Hall–Kier alpha value is -1.21. The summed E-state index contributed by atoms with van der Waals surface area (Å²) in [6, 6.07) is 7.52. The summed E-state index contributed by atoms with van der Waals surface area (Å²) in [7, 11) is 1.21. The highest BCUT2D eigenvalue weighted by Gasteiger charge is 2.46. The van der Waals surface area contributed by atoms with E-state index < -0.39 is 18.1 Å². The molecule has 0 amide bonds. The van der Waals surface area contributed by atoms with Gasteiger partial charge in [-0.05, 0) is 60.3 Å². The zero-order chi connectivity index (χ0) is 16.9. The van der Waals surface area contributed by atoms with E-state index in [-0.39, 0.29) is 0 Å². The molecular formula is C16H19BBrF3N2. The fraction of sp³-hybridized carbons (Fsp3) is 0.375. The van der Waals surface area contributed by atoms with Crippen LogP contribution in [-0.4, -0.2) is 24.8 Å². The summed E-state index contributed by atoms with van der Waals surface area (Å²) in [5.41, 5.74) is 3.81. The van der Waals surface area contributed by atoms with E-state index in [0.717, 1.165) is 38.5 Å². The Morgan fingerprint density at radius 3 is 2.52 bits per heavy atom. The van der Waals surface area contributed by atoms with Crippen molar-refractivity contribution in [1.82, 2.24) is 4.48 Å². The maximum absolute atomic E-state index is 15.0. The van der Waals surface area contributed by atoms with E-state index in [1.807, 2.05) is 24.3 Å². The van der Waals surface area contributed by atoms with E-state index in [1.165, 1.54) is 14.0 Å². The summed E-state index contributed by atoms with van der Waals surface area (Å²) in [6.45, 7) is -1.28. The van der Waals surface area contributed by atoms with Gasteiger partial charge in [-0.3, -0.25) is 0 Å². The number of nitrogens with zero attached hydrogens (tertiary/aromatic N) is 1. The van der Waals surface area contributed by atoms with Crippen LogP contribution in [0.15, 0.2) is 28.7 Å². The third kappa shape index (κ3) is 2.64. The molecule has 1 heterocycles. The molecule has 2 unspecified atom stereocenters. The van der Waals surface area contributed by atoms with Crippen LogP contribution in [0.5, 0.6) is 0 Å². The third-order valence-electron chi connectivity index (χ3n) is 4.79. The number of hydrogen-bond acceptors (Lipinski definition) is 0. The highest BCUT2D eigenvalue weighted by atomic mass is 79.9. The second-order valence-electron chi connectivity index (χ2n) is 6.32. The van der Waals surface area contributed by atoms with Crippen molar-refractivity contribution in [2.45, 2.75) is 33.0 Å². The largest absolute Gasteiger partial charge is 0.661 e. The molecule has 23 heavy (non-hydrogen) atoms. The van der Waals surface area contributed by atoms with E-state index in [9.17, 15) is 13.0 Å². The Morgan fingerprint density at radius 2 is 1.87 bits per heavy atom. The van der Waals surface area contributed by atoms with Gasteiger partial charge >= 0.3 is 6.97 Å². The lowest BCUT2D eigenvalue weighted by molar-refractivity contribution is -0.834. The molecule has 0 saturated carbocycles. The molecule has 0 radical (unpaired) electrons. The van der Waals surface area contributed by atoms with Crippen LogP contribution in [-0.2, 0) is 12.8 Å². The first-order valence-electron chi connectivity index (χ1n) is 7.73. The molecule has 0 fully saturated rings. The predicted molar refractivity (Wildman–Crippen MR) is 90.5 cm³/mol. The van der Waals surface area contributed by atoms with Crippen molar-refractivity contribution in [1.29, 1.82) is 0 Å². The van der Waals surface area contributed by atoms with Crippen LogP contribution in [0.4, 0.5) is 13.0 Å². The van der Waals surface area contributed by atoms with Crippen LogP contribution in [0.25, 0.3) is 11.3 Å². The van der Waals surface area contributed by atoms with Crippen LogP contribution in [0.2, 0.25) is 0 Å². The van der Waals surface area contributed by atoms with Gasteiger partial charge < -0.3 is 17.9 Å². The summed E-state index contributed by atoms with van der Waals surface area (Å²) in [6.07, 6.45) is -0.0925. The minimum atomic E-state index is -4.12. The molecule has 0 bridgehead atoms. The van der Waals surface area contributed by atoms with E-state index in [0.29, 0.717) is 11.4 Å². The number of alkyl halides is 1. The minimum Gasteiger partial charge on any atom is -0.418 e. The van der Waals surface area contributed by atoms with Crippen molar-refractivity contribution in [3.63, 3.8) is 0 Å². The van der Waals surface area contributed by atoms with Crippen molar-refractivity contribution in [3.05, 3.63) is 45.6 Å². The first kappa shape index (κ1) is 16.6. The Morgan fingerprint density at radius 1 is 1.22 bits per heavy atom.